The quantitative estimate of drug-likeness (QED) is 0.833. The minimum Gasteiger partial charge on any atom is -0.357 e. The Kier molecular flexibility index (Phi) is 5.39. The van der Waals surface area contributed by atoms with Crippen molar-refractivity contribution in [2.75, 3.05) is 11.2 Å². The lowest BCUT2D eigenvalue weighted by atomic mass is 10.1. The van der Waals surface area contributed by atoms with Gasteiger partial charge in [0.05, 0.1) is 6.04 Å². The number of halogens is 1. The van der Waals surface area contributed by atoms with Crippen LogP contribution in [0.3, 0.4) is 0 Å². The van der Waals surface area contributed by atoms with Gasteiger partial charge in [0.2, 0.25) is 0 Å². The number of anilines is 1. The summed E-state index contributed by atoms with van der Waals surface area (Å²) in [6.07, 6.45) is 3.36. The van der Waals surface area contributed by atoms with Gasteiger partial charge in [0.15, 0.2) is 5.82 Å². The van der Waals surface area contributed by atoms with Crippen molar-refractivity contribution >= 4 is 17.4 Å². The van der Waals surface area contributed by atoms with Gasteiger partial charge in [0.1, 0.15) is 0 Å². The molecule has 2 aromatic rings. The first-order chi connectivity index (χ1) is 10.1. The molecule has 1 aromatic heterocycles. The maximum absolute atomic E-state index is 12.4. The van der Waals surface area contributed by atoms with Crippen LogP contribution in [0, 0.1) is 5.92 Å². The molecule has 0 saturated heterocycles. The lowest BCUT2D eigenvalue weighted by molar-refractivity contribution is 0.509. The predicted octanol–water partition coefficient (Wildman–Crippen LogP) is 3.29. The number of aromatic nitrogens is 2. The maximum Gasteiger partial charge on any atom is 0.293 e. The smallest absolute Gasteiger partial charge is 0.293 e. The number of rotatable bonds is 6. The summed E-state index contributed by atoms with van der Waals surface area (Å²) in [5.41, 5.74) is 0.921. The van der Waals surface area contributed by atoms with E-state index < -0.39 is 0 Å². The maximum atomic E-state index is 12.4. The minimum atomic E-state index is -0.136. The number of alkyl halides is 1. The van der Waals surface area contributed by atoms with E-state index in [1.807, 2.05) is 30.3 Å². The van der Waals surface area contributed by atoms with Crippen molar-refractivity contribution in [2.45, 2.75) is 26.4 Å². The van der Waals surface area contributed by atoms with Gasteiger partial charge >= 0.3 is 0 Å². The third kappa shape index (κ3) is 4.08. The van der Waals surface area contributed by atoms with E-state index in [9.17, 15) is 4.79 Å². The van der Waals surface area contributed by atoms with Crippen molar-refractivity contribution in [1.82, 2.24) is 9.55 Å². The van der Waals surface area contributed by atoms with Crippen molar-refractivity contribution in [3.8, 4) is 0 Å². The zero-order chi connectivity index (χ0) is 15.2. The number of benzene rings is 1. The Labute approximate surface area is 129 Å². The zero-order valence-electron chi connectivity index (χ0n) is 12.3. The van der Waals surface area contributed by atoms with Crippen LogP contribution in [0.1, 0.15) is 25.5 Å². The van der Waals surface area contributed by atoms with Gasteiger partial charge in [-0.1, -0.05) is 44.2 Å². The van der Waals surface area contributed by atoms with E-state index in [4.69, 9.17) is 11.6 Å². The molecule has 1 N–H and O–H groups in total. The highest BCUT2D eigenvalue weighted by atomic mass is 35.5. The van der Waals surface area contributed by atoms with E-state index in [0.717, 1.165) is 5.56 Å². The molecule has 1 heterocycles. The van der Waals surface area contributed by atoms with Gasteiger partial charge in [-0.2, -0.15) is 0 Å². The largest absolute Gasteiger partial charge is 0.357 e. The average molecular weight is 306 g/mol. The van der Waals surface area contributed by atoms with Crippen LogP contribution in [0.15, 0.2) is 47.5 Å². The summed E-state index contributed by atoms with van der Waals surface area (Å²) in [6, 6.07) is 9.68. The van der Waals surface area contributed by atoms with Crippen LogP contribution in [0.25, 0.3) is 0 Å². The Hall–Kier alpha value is -1.81. The first-order valence-corrected chi connectivity index (χ1v) is 7.58. The molecular weight excluding hydrogens is 286 g/mol. The molecule has 0 aliphatic heterocycles. The van der Waals surface area contributed by atoms with Crippen LogP contribution in [0.2, 0.25) is 0 Å². The molecule has 1 unspecified atom stereocenters. The Balaban J connectivity index is 2.24. The van der Waals surface area contributed by atoms with Crippen LogP contribution in [0.5, 0.6) is 0 Å². The van der Waals surface area contributed by atoms with Crippen molar-refractivity contribution in [3.05, 3.63) is 58.6 Å². The van der Waals surface area contributed by atoms with E-state index in [0.29, 0.717) is 24.2 Å². The zero-order valence-corrected chi connectivity index (χ0v) is 13.0. The summed E-state index contributed by atoms with van der Waals surface area (Å²) >= 11 is 6.03. The summed E-state index contributed by atoms with van der Waals surface area (Å²) < 4.78 is 1.68. The third-order valence-electron chi connectivity index (χ3n) is 3.14. The van der Waals surface area contributed by atoms with Gasteiger partial charge in [0.25, 0.3) is 5.56 Å². The van der Waals surface area contributed by atoms with Crippen LogP contribution in [-0.2, 0) is 6.54 Å². The Morgan fingerprint density at radius 3 is 2.62 bits per heavy atom. The van der Waals surface area contributed by atoms with Crippen LogP contribution < -0.4 is 10.9 Å². The van der Waals surface area contributed by atoms with E-state index in [-0.39, 0.29) is 11.6 Å². The molecule has 0 amide bonds. The highest BCUT2D eigenvalue weighted by Gasteiger charge is 2.13. The molecule has 1 atom stereocenters. The van der Waals surface area contributed by atoms with Gasteiger partial charge in [0, 0.05) is 24.8 Å². The number of hydrogen-bond acceptors (Lipinski definition) is 3. The van der Waals surface area contributed by atoms with Gasteiger partial charge in [-0.3, -0.25) is 4.79 Å². The monoisotopic (exact) mass is 305 g/mol. The molecule has 21 heavy (non-hydrogen) atoms. The van der Waals surface area contributed by atoms with Gasteiger partial charge in [-0.15, -0.1) is 11.6 Å². The number of nitrogens with zero attached hydrogens (tertiary/aromatic N) is 2. The van der Waals surface area contributed by atoms with Gasteiger partial charge < -0.3 is 9.88 Å². The molecule has 1 aromatic carbocycles. The number of nitrogens with one attached hydrogen (secondary N) is 1. The minimum absolute atomic E-state index is 0.114. The lowest BCUT2D eigenvalue weighted by Gasteiger charge is -2.17. The second-order valence-corrected chi connectivity index (χ2v) is 5.70. The molecule has 0 radical (unpaired) electrons. The van der Waals surface area contributed by atoms with Gasteiger partial charge in [-0.05, 0) is 11.5 Å². The topological polar surface area (TPSA) is 46.9 Å². The molecule has 0 fully saturated rings. The Morgan fingerprint density at radius 1 is 1.29 bits per heavy atom. The van der Waals surface area contributed by atoms with E-state index in [2.05, 4.69) is 24.1 Å². The fourth-order valence-electron chi connectivity index (χ4n) is 2.14. The molecule has 4 nitrogen and oxygen atoms in total. The first kappa shape index (κ1) is 15.6. The summed E-state index contributed by atoms with van der Waals surface area (Å²) in [5, 5.41) is 3.15. The molecule has 0 bridgehead atoms. The third-order valence-corrected chi connectivity index (χ3v) is 3.45. The highest BCUT2D eigenvalue weighted by Crippen LogP contribution is 2.17. The van der Waals surface area contributed by atoms with Crippen LogP contribution >= 0.6 is 11.6 Å². The first-order valence-electron chi connectivity index (χ1n) is 7.04. The van der Waals surface area contributed by atoms with Gasteiger partial charge in [-0.25, -0.2) is 4.98 Å². The Bertz CT molecular complexity index is 625. The van der Waals surface area contributed by atoms with E-state index >= 15 is 0 Å². The summed E-state index contributed by atoms with van der Waals surface area (Å²) in [4.78, 5) is 16.5. The van der Waals surface area contributed by atoms with Crippen molar-refractivity contribution in [1.29, 1.82) is 0 Å². The fourth-order valence-corrected chi connectivity index (χ4v) is 2.40. The molecule has 112 valence electrons. The standard InChI is InChI=1S/C16H20ClN3O/c1-12(2)11-20-9-8-18-15(16(20)21)19-14(10-17)13-6-4-3-5-7-13/h3-9,12,14H,10-11H2,1-2H3,(H,18,19). The van der Waals surface area contributed by atoms with E-state index in [1.54, 1.807) is 17.0 Å². The molecule has 0 aliphatic carbocycles. The molecule has 0 aliphatic rings. The molecule has 0 spiro atoms. The normalized spacial score (nSPS) is 12.4. The SMILES string of the molecule is CC(C)Cn1ccnc(NC(CCl)c2ccccc2)c1=O. The fraction of sp³-hybridized carbons (Fsp3) is 0.375. The number of hydrogen-bond donors (Lipinski definition) is 1. The molecule has 0 saturated carbocycles. The van der Waals surface area contributed by atoms with Crippen molar-refractivity contribution < 1.29 is 0 Å². The second-order valence-electron chi connectivity index (χ2n) is 5.39. The van der Waals surface area contributed by atoms with Crippen LogP contribution in [0.4, 0.5) is 5.82 Å². The molecular formula is C16H20ClN3O. The van der Waals surface area contributed by atoms with Crippen molar-refractivity contribution in [3.63, 3.8) is 0 Å². The average Bonchev–Trinajstić information content (AvgIpc) is 2.48. The second kappa shape index (κ2) is 7.27. The molecule has 5 heteroatoms. The highest BCUT2D eigenvalue weighted by molar-refractivity contribution is 6.18. The summed E-state index contributed by atoms with van der Waals surface area (Å²) in [7, 11) is 0. The summed E-state index contributed by atoms with van der Waals surface area (Å²) in [5.74, 6) is 1.10. The van der Waals surface area contributed by atoms with E-state index in [1.165, 1.54) is 0 Å². The Morgan fingerprint density at radius 2 is 2.00 bits per heavy atom. The van der Waals surface area contributed by atoms with Crippen LogP contribution in [-0.4, -0.2) is 15.4 Å². The van der Waals surface area contributed by atoms with Crippen molar-refractivity contribution in [2.24, 2.45) is 5.92 Å². The molecule has 2 rings (SSSR count). The predicted molar refractivity (Wildman–Crippen MR) is 86.9 cm³/mol. The lowest BCUT2D eigenvalue weighted by Crippen LogP contribution is -2.27. The summed E-state index contributed by atoms with van der Waals surface area (Å²) in [6.45, 7) is 4.82.